The molecular formula is C12H24N2O2. The number of carbonyl (C=O) groups is 1. The van der Waals surface area contributed by atoms with Gasteiger partial charge in [0.25, 0.3) is 0 Å². The molecule has 16 heavy (non-hydrogen) atoms. The van der Waals surface area contributed by atoms with Gasteiger partial charge >= 0.3 is 0 Å². The minimum absolute atomic E-state index is 0.195. The highest BCUT2D eigenvalue weighted by molar-refractivity contribution is 5.78. The van der Waals surface area contributed by atoms with Gasteiger partial charge in [0.2, 0.25) is 5.91 Å². The molecule has 4 heteroatoms. The van der Waals surface area contributed by atoms with Gasteiger partial charge in [-0.2, -0.15) is 0 Å². The summed E-state index contributed by atoms with van der Waals surface area (Å²) < 4.78 is 0. The third-order valence-corrected chi connectivity index (χ3v) is 3.25. The van der Waals surface area contributed by atoms with Gasteiger partial charge in [-0.3, -0.25) is 4.79 Å². The van der Waals surface area contributed by atoms with Gasteiger partial charge in [0, 0.05) is 26.1 Å². The molecule has 1 amide bonds. The Morgan fingerprint density at radius 3 is 2.62 bits per heavy atom. The molecule has 0 spiro atoms. The summed E-state index contributed by atoms with van der Waals surface area (Å²) in [5.41, 5.74) is 0. The Kier molecular flexibility index (Phi) is 5.77. The first-order valence-corrected chi connectivity index (χ1v) is 6.22. The van der Waals surface area contributed by atoms with Crippen molar-refractivity contribution in [2.75, 3.05) is 27.2 Å². The Hall–Kier alpha value is -0.610. The molecule has 0 aliphatic heterocycles. The SMILES string of the molecule is CNC[C@H](O)CN(C)C(=O)C1CCCCC1. The van der Waals surface area contributed by atoms with E-state index in [4.69, 9.17) is 0 Å². The van der Waals surface area contributed by atoms with Gasteiger partial charge in [0.15, 0.2) is 0 Å². The summed E-state index contributed by atoms with van der Waals surface area (Å²) in [6.07, 6.45) is 5.17. The van der Waals surface area contributed by atoms with Crippen LogP contribution in [0.2, 0.25) is 0 Å². The van der Waals surface area contributed by atoms with Crippen LogP contribution in [0.5, 0.6) is 0 Å². The summed E-state index contributed by atoms with van der Waals surface area (Å²) in [7, 11) is 3.59. The van der Waals surface area contributed by atoms with Gasteiger partial charge in [0.05, 0.1) is 6.10 Å². The quantitative estimate of drug-likeness (QED) is 0.725. The Morgan fingerprint density at radius 2 is 2.06 bits per heavy atom. The summed E-state index contributed by atoms with van der Waals surface area (Å²) in [5, 5.41) is 12.5. The van der Waals surface area contributed by atoms with Crippen molar-refractivity contribution >= 4 is 5.91 Å². The van der Waals surface area contributed by atoms with Crippen molar-refractivity contribution < 1.29 is 9.90 Å². The van der Waals surface area contributed by atoms with Crippen LogP contribution in [0.25, 0.3) is 0 Å². The first kappa shape index (κ1) is 13.5. The molecule has 1 saturated carbocycles. The van der Waals surface area contributed by atoms with E-state index >= 15 is 0 Å². The molecule has 0 saturated heterocycles. The van der Waals surface area contributed by atoms with E-state index in [1.54, 1.807) is 19.0 Å². The smallest absolute Gasteiger partial charge is 0.225 e. The average molecular weight is 228 g/mol. The van der Waals surface area contributed by atoms with E-state index in [2.05, 4.69) is 5.32 Å². The molecule has 0 unspecified atom stereocenters. The van der Waals surface area contributed by atoms with E-state index in [1.165, 1.54) is 19.3 Å². The van der Waals surface area contributed by atoms with Crippen molar-refractivity contribution in [1.29, 1.82) is 0 Å². The summed E-state index contributed by atoms with van der Waals surface area (Å²) in [5.74, 6) is 0.399. The highest BCUT2D eigenvalue weighted by Gasteiger charge is 2.24. The molecular weight excluding hydrogens is 204 g/mol. The lowest BCUT2D eigenvalue weighted by Crippen LogP contribution is -2.41. The number of hydrogen-bond donors (Lipinski definition) is 2. The van der Waals surface area contributed by atoms with Crippen LogP contribution in [0.1, 0.15) is 32.1 Å². The monoisotopic (exact) mass is 228 g/mol. The largest absolute Gasteiger partial charge is 0.390 e. The predicted octanol–water partition coefficient (Wildman–Crippen LogP) is 0.605. The number of hydrogen-bond acceptors (Lipinski definition) is 3. The second kappa shape index (κ2) is 6.86. The molecule has 1 fully saturated rings. The summed E-state index contributed by atoms with van der Waals surface area (Å²) >= 11 is 0. The summed E-state index contributed by atoms with van der Waals surface area (Å²) in [6.45, 7) is 0.957. The standard InChI is InChI=1S/C12H24N2O2/c1-13-8-11(15)9-14(2)12(16)10-6-4-3-5-7-10/h10-11,13,15H,3-9H2,1-2H3/t11-/m0/s1. The Bertz CT molecular complexity index is 215. The second-order valence-corrected chi connectivity index (χ2v) is 4.77. The maximum atomic E-state index is 12.0. The summed E-state index contributed by atoms with van der Waals surface area (Å²) in [6, 6.07) is 0. The van der Waals surface area contributed by atoms with Crippen LogP contribution in [0.4, 0.5) is 0 Å². The fourth-order valence-corrected chi connectivity index (χ4v) is 2.37. The van der Waals surface area contributed by atoms with Crippen LogP contribution in [-0.2, 0) is 4.79 Å². The van der Waals surface area contributed by atoms with Crippen LogP contribution < -0.4 is 5.32 Å². The zero-order valence-corrected chi connectivity index (χ0v) is 10.4. The minimum Gasteiger partial charge on any atom is -0.390 e. The van der Waals surface area contributed by atoms with Gasteiger partial charge in [-0.15, -0.1) is 0 Å². The molecule has 1 aliphatic carbocycles. The molecule has 0 aromatic heterocycles. The van der Waals surface area contributed by atoms with Gasteiger partial charge in [-0.25, -0.2) is 0 Å². The van der Waals surface area contributed by atoms with Crippen LogP contribution in [0.3, 0.4) is 0 Å². The van der Waals surface area contributed by atoms with Gasteiger partial charge < -0.3 is 15.3 Å². The molecule has 0 radical (unpaired) electrons. The normalized spacial score (nSPS) is 19.4. The Morgan fingerprint density at radius 1 is 1.44 bits per heavy atom. The number of aliphatic hydroxyl groups is 1. The fourth-order valence-electron chi connectivity index (χ4n) is 2.37. The summed E-state index contributed by atoms with van der Waals surface area (Å²) in [4.78, 5) is 13.7. The number of nitrogens with one attached hydrogen (secondary N) is 1. The topological polar surface area (TPSA) is 52.6 Å². The highest BCUT2D eigenvalue weighted by Crippen LogP contribution is 2.25. The number of likely N-dealkylation sites (N-methyl/N-ethyl adjacent to an activating group) is 2. The molecule has 0 heterocycles. The lowest BCUT2D eigenvalue weighted by Gasteiger charge is -2.27. The number of carbonyl (C=O) groups excluding carboxylic acids is 1. The zero-order valence-electron chi connectivity index (χ0n) is 10.4. The second-order valence-electron chi connectivity index (χ2n) is 4.77. The molecule has 1 atom stereocenters. The van der Waals surface area contributed by atoms with Gasteiger partial charge in [-0.1, -0.05) is 19.3 Å². The Labute approximate surface area is 98.0 Å². The molecule has 0 aromatic rings. The molecule has 0 aromatic carbocycles. The van der Waals surface area contributed by atoms with Crippen LogP contribution in [-0.4, -0.2) is 49.2 Å². The van der Waals surface area contributed by atoms with Crippen molar-refractivity contribution in [3.05, 3.63) is 0 Å². The maximum Gasteiger partial charge on any atom is 0.225 e. The molecule has 94 valence electrons. The maximum absolute atomic E-state index is 12.0. The third-order valence-electron chi connectivity index (χ3n) is 3.25. The number of rotatable bonds is 5. The Balaban J connectivity index is 2.34. The third kappa shape index (κ3) is 4.10. The van der Waals surface area contributed by atoms with Crippen LogP contribution >= 0.6 is 0 Å². The molecule has 1 aliphatic rings. The van der Waals surface area contributed by atoms with Crippen LogP contribution in [0.15, 0.2) is 0 Å². The predicted molar refractivity (Wildman–Crippen MR) is 64.1 cm³/mol. The first-order chi connectivity index (χ1) is 7.65. The molecule has 4 nitrogen and oxygen atoms in total. The molecule has 2 N–H and O–H groups in total. The van der Waals surface area contributed by atoms with E-state index in [0.29, 0.717) is 13.1 Å². The van der Waals surface area contributed by atoms with E-state index in [9.17, 15) is 9.90 Å². The molecule has 0 bridgehead atoms. The van der Waals surface area contributed by atoms with E-state index in [1.807, 2.05) is 0 Å². The highest BCUT2D eigenvalue weighted by atomic mass is 16.3. The van der Waals surface area contributed by atoms with Crippen molar-refractivity contribution in [3.63, 3.8) is 0 Å². The average Bonchev–Trinajstić information content (AvgIpc) is 2.29. The first-order valence-electron chi connectivity index (χ1n) is 6.22. The number of nitrogens with zero attached hydrogens (tertiary/aromatic N) is 1. The van der Waals surface area contributed by atoms with Crippen molar-refractivity contribution in [1.82, 2.24) is 10.2 Å². The van der Waals surface area contributed by atoms with E-state index in [-0.39, 0.29) is 11.8 Å². The lowest BCUT2D eigenvalue weighted by molar-refractivity contribution is -0.136. The van der Waals surface area contributed by atoms with E-state index in [0.717, 1.165) is 12.8 Å². The fraction of sp³-hybridized carbons (Fsp3) is 0.917. The van der Waals surface area contributed by atoms with Gasteiger partial charge in [-0.05, 0) is 19.9 Å². The molecule has 1 rings (SSSR count). The van der Waals surface area contributed by atoms with E-state index < -0.39 is 6.10 Å². The van der Waals surface area contributed by atoms with Crippen molar-refractivity contribution in [2.45, 2.75) is 38.2 Å². The number of aliphatic hydroxyl groups excluding tert-OH is 1. The van der Waals surface area contributed by atoms with Crippen molar-refractivity contribution in [3.8, 4) is 0 Å². The van der Waals surface area contributed by atoms with Gasteiger partial charge in [0.1, 0.15) is 0 Å². The zero-order chi connectivity index (χ0) is 12.0. The number of amides is 1. The lowest BCUT2D eigenvalue weighted by atomic mass is 9.88. The van der Waals surface area contributed by atoms with Crippen molar-refractivity contribution in [2.24, 2.45) is 5.92 Å². The van der Waals surface area contributed by atoms with Crippen LogP contribution in [0, 0.1) is 5.92 Å². The minimum atomic E-state index is -0.470.